The summed E-state index contributed by atoms with van der Waals surface area (Å²) in [6, 6.07) is 20.4. The van der Waals surface area contributed by atoms with Crippen molar-refractivity contribution < 1.29 is 8.42 Å². The number of hydrogen-bond donors (Lipinski definition) is 0. The fraction of sp³-hybridized carbons (Fsp3) is 0.136. The quantitative estimate of drug-likeness (QED) is 0.511. The van der Waals surface area contributed by atoms with Crippen LogP contribution in [0, 0.1) is 6.92 Å². The fourth-order valence-corrected chi connectivity index (χ4v) is 4.59. The van der Waals surface area contributed by atoms with Gasteiger partial charge in [0.1, 0.15) is 5.82 Å². The van der Waals surface area contributed by atoms with Gasteiger partial charge in [-0.3, -0.25) is 0 Å². The van der Waals surface area contributed by atoms with Gasteiger partial charge in [0.2, 0.25) is 0 Å². The van der Waals surface area contributed by atoms with Gasteiger partial charge in [-0.1, -0.05) is 29.8 Å². The molecule has 0 aliphatic heterocycles. The third-order valence-corrected chi connectivity index (χ3v) is 6.46. The molecule has 6 heteroatoms. The largest absolute Gasteiger partial charge is 0.355 e. The molecule has 2 aromatic carbocycles. The van der Waals surface area contributed by atoms with E-state index in [0.29, 0.717) is 12.1 Å². The van der Waals surface area contributed by atoms with Crippen molar-refractivity contribution in [3.05, 3.63) is 90.3 Å². The molecule has 0 radical (unpaired) electrons. The number of nitrogens with zero attached hydrogens (tertiary/aromatic N) is 3. The van der Waals surface area contributed by atoms with Gasteiger partial charge in [-0.15, -0.1) is 0 Å². The molecule has 0 aliphatic carbocycles. The van der Waals surface area contributed by atoms with E-state index in [-0.39, 0.29) is 4.90 Å². The monoisotopic (exact) mass is 391 g/mol. The molecule has 0 aliphatic rings. The number of aromatic nitrogens is 2. The lowest BCUT2D eigenvalue weighted by Gasteiger charge is -2.18. The van der Waals surface area contributed by atoms with Gasteiger partial charge in [-0.25, -0.2) is 17.4 Å². The summed E-state index contributed by atoms with van der Waals surface area (Å²) >= 11 is 0. The van der Waals surface area contributed by atoms with Crippen molar-refractivity contribution in [3.8, 4) is 0 Å². The number of rotatable bonds is 5. The first-order valence-electron chi connectivity index (χ1n) is 8.99. The Labute approximate surface area is 164 Å². The lowest BCUT2D eigenvalue weighted by molar-refractivity contribution is 0.589. The van der Waals surface area contributed by atoms with Crippen LogP contribution in [0.2, 0.25) is 0 Å². The summed E-state index contributed by atoms with van der Waals surface area (Å²) in [4.78, 5) is 6.70. The van der Waals surface area contributed by atoms with Gasteiger partial charge < -0.3 is 4.90 Å². The average Bonchev–Trinajstić information content (AvgIpc) is 3.13. The molecule has 2 aromatic heterocycles. The van der Waals surface area contributed by atoms with Crippen molar-refractivity contribution >= 4 is 26.7 Å². The van der Waals surface area contributed by atoms with Gasteiger partial charge in [0.15, 0.2) is 0 Å². The van der Waals surface area contributed by atoms with Crippen LogP contribution in [0.4, 0.5) is 5.82 Å². The van der Waals surface area contributed by atoms with Crippen LogP contribution < -0.4 is 4.90 Å². The Balaban J connectivity index is 1.66. The van der Waals surface area contributed by atoms with E-state index in [1.54, 1.807) is 24.5 Å². The molecule has 0 bridgehead atoms. The standard InChI is InChI=1S/C22H21N3O2S/c1-17-6-9-20(10-7-17)28(26,27)25-14-12-19-15-18(8-11-21(19)25)16-24(2)22-5-3-4-13-23-22/h3-15H,16H2,1-2H3. The molecule has 0 N–H and O–H groups in total. The van der Waals surface area contributed by atoms with Crippen LogP contribution in [0.25, 0.3) is 10.9 Å². The van der Waals surface area contributed by atoms with E-state index < -0.39 is 10.0 Å². The highest BCUT2D eigenvalue weighted by atomic mass is 32.2. The number of pyridine rings is 1. The minimum absolute atomic E-state index is 0.287. The lowest BCUT2D eigenvalue weighted by atomic mass is 10.1. The fourth-order valence-electron chi connectivity index (χ4n) is 3.23. The Kier molecular flexibility index (Phi) is 4.65. The smallest absolute Gasteiger partial charge is 0.268 e. The van der Waals surface area contributed by atoms with E-state index in [1.807, 2.05) is 68.6 Å². The second-order valence-corrected chi connectivity index (χ2v) is 8.68. The highest BCUT2D eigenvalue weighted by Crippen LogP contribution is 2.24. The van der Waals surface area contributed by atoms with Crippen molar-refractivity contribution in [2.45, 2.75) is 18.4 Å². The SMILES string of the molecule is Cc1ccc(S(=O)(=O)n2ccc3cc(CN(C)c4ccccn4)ccc32)cc1. The molecule has 0 saturated carbocycles. The van der Waals surface area contributed by atoms with Gasteiger partial charge in [-0.2, -0.15) is 0 Å². The van der Waals surface area contributed by atoms with Crippen LogP contribution in [0.1, 0.15) is 11.1 Å². The first kappa shape index (κ1) is 18.3. The van der Waals surface area contributed by atoms with Crippen LogP contribution in [-0.4, -0.2) is 24.4 Å². The molecule has 2 heterocycles. The Bertz CT molecular complexity index is 1210. The molecule has 4 aromatic rings. The minimum atomic E-state index is -3.62. The van der Waals surface area contributed by atoms with Crippen molar-refractivity contribution in [3.63, 3.8) is 0 Å². The first-order valence-corrected chi connectivity index (χ1v) is 10.4. The molecular weight excluding hydrogens is 370 g/mol. The topological polar surface area (TPSA) is 55.2 Å². The second kappa shape index (κ2) is 7.13. The predicted octanol–water partition coefficient (Wildman–Crippen LogP) is 4.22. The maximum Gasteiger partial charge on any atom is 0.268 e. The van der Waals surface area contributed by atoms with E-state index in [1.165, 1.54) is 3.97 Å². The molecule has 28 heavy (non-hydrogen) atoms. The molecule has 0 amide bonds. The van der Waals surface area contributed by atoms with Gasteiger partial charge in [0, 0.05) is 31.4 Å². The zero-order valence-electron chi connectivity index (χ0n) is 15.8. The molecular formula is C22H21N3O2S. The van der Waals surface area contributed by atoms with E-state index in [4.69, 9.17) is 0 Å². The van der Waals surface area contributed by atoms with Gasteiger partial charge in [-0.05, 0) is 55.0 Å². The van der Waals surface area contributed by atoms with Crippen molar-refractivity contribution in [1.29, 1.82) is 0 Å². The first-order chi connectivity index (χ1) is 13.4. The number of aryl methyl sites for hydroxylation is 1. The Morgan fingerprint density at radius 3 is 2.50 bits per heavy atom. The van der Waals surface area contributed by atoms with Crippen molar-refractivity contribution in [2.75, 3.05) is 11.9 Å². The third-order valence-electron chi connectivity index (χ3n) is 4.76. The van der Waals surface area contributed by atoms with Crippen LogP contribution in [0.5, 0.6) is 0 Å². The number of fused-ring (bicyclic) bond motifs is 1. The van der Waals surface area contributed by atoms with E-state index >= 15 is 0 Å². The summed E-state index contributed by atoms with van der Waals surface area (Å²) in [5.41, 5.74) is 2.79. The number of hydrogen-bond acceptors (Lipinski definition) is 4. The molecule has 0 atom stereocenters. The normalized spacial score (nSPS) is 11.6. The molecule has 0 saturated heterocycles. The summed E-state index contributed by atoms with van der Waals surface area (Å²) in [6.07, 6.45) is 3.39. The Hall–Kier alpha value is -3.12. The summed E-state index contributed by atoms with van der Waals surface area (Å²) < 4.78 is 27.4. The maximum atomic E-state index is 13.0. The van der Waals surface area contributed by atoms with Crippen LogP contribution >= 0.6 is 0 Å². The highest BCUT2D eigenvalue weighted by Gasteiger charge is 2.18. The summed E-state index contributed by atoms with van der Waals surface area (Å²) in [6.45, 7) is 2.62. The van der Waals surface area contributed by atoms with E-state index in [2.05, 4.69) is 9.88 Å². The maximum absolute atomic E-state index is 13.0. The molecule has 0 fully saturated rings. The molecule has 0 spiro atoms. The number of benzene rings is 2. The van der Waals surface area contributed by atoms with Crippen LogP contribution in [-0.2, 0) is 16.6 Å². The minimum Gasteiger partial charge on any atom is -0.355 e. The molecule has 5 nitrogen and oxygen atoms in total. The molecule has 0 unspecified atom stereocenters. The predicted molar refractivity (Wildman–Crippen MR) is 112 cm³/mol. The summed E-state index contributed by atoms with van der Waals surface area (Å²) in [7, 11) is -1.64. The summed E-state index contributed by atoms with van der Waals surface area (Å²) in [5, 5.41) is 0.891. The van der Waals surface area contributed by atoms with Gasteiger partial charge in [0.25, 0.3) is 10.0 Å². The van der Waals surface area contributed by atoms with E-state index in [0.717, 1.165) is 22.3 Å². The highest BCUT2D eigenvalue weighted by molar-refractivity contribution is 7.90. The van der Waals surface area contributed by atoms with Crippen molar-refractivity contribution in [1.82, 2.24) is 8.96 Å². The van der Waals surface area contributed by atoms with E-state index in [9.17, 15) is 8.42 Å². The lowest BCUT2D eigenvalue weighted by Crippen LogP contribution is -2.17. The van der Waals surface area contributed by atoms with Gasteiger partial charge >= 0.3 is 0 Å². The molecule has 4 rings (SSSR count). The third kappa shape index (κ3) is 3.39. The Morgan fingerprint density at radius 2 is 1.79 bits per heavy atom. The zero-order chi connectivity index (χ0) is 19.7. The van der Waals surface area contributed by atoms with Crippen molar-refractivity contribution in [2.24, 2.45) is 0 Å². The number of anilines is 1. The second-order valence-electron chi connectivity index (χ2n) is 6.87. The molecule has 142 valence electrons. The zero-order valence-corrected chi connectivity index (χ0v) is 16.6. The van der Waals surface area contributed by atoms with Gasteiger partial charge in [0.05, 0.1) is 10.4 Å². The van der Waals surface area contributed by atoms with Crippen LogP contribution in [0.15, 0.2) is 84.0 Å². The average molecular weight is 391 g/mol. The van der Waals surface area contributed by atoms with Crippen LogP contribution in [0.3, 0.4) is 0 Å². The summed E-state index contributed by atoms with van der Waals surface area (Å²) in [5.74, 6) is 0.891. The Morgan fingerprint density at radius 1 is 1.00 bits per heavy atom.